The fraction of sp³-hybridized carbons (Fsp3) is 0.342. The maximum atomic E-state index is 14.2. The van der Waals surface area contributed by atoms with Gasteiger partial charge in [-0.2, -0.15) is 0 Å². The van der Waals surface area contributed by atoms with Gasteiger partial charge in [0.1, 0.15) is 18.6 Å². The lowest BCUT2D eigenvalue weighted by Crippen LogP contribution is -2.35. The molecule has 6 rings (SSSR count). The molecule has 232 valence electrons. The molecule has 3 unspecified atom stereocenters. The highest BCUT2D eigenvalue weighted by molar-refractivity contribution is 6.16. The van der Waals surface area contributed by atoms with E-state index in [1.54, 1.807) is 12.1 Å². The molecule has 0 saturated heterocycles. The van der Waals surface area contributed by atoms with E-state index < -0.39 is 5.92 Å². The van der Waals surface area contributed by atoms with Crippen molar-refractivity contribution in [3.8, 4) is 17.2 Å². The zero-order valence-corrected chi connectivity index (χ0v) is 26.0. The van der Waals surface area contributed by atoms with Gasteiger partial charge in [0.15, 0.2) is 17.3 Å². The van der Waals surface area contributed by atoms with Crippen LogP contribution in [0.25, 0.3) is 6.08 Å². The summed E-state index contributed by atoms with van der Waals surface area (Å²) in [7, 11) is 0. The van der Waals surface area contributed by atoms with Gasteiger partial charge < -0.3 is 18.9 Å². The Labute approximate surface area is 263 Å². The Morgan fingerprint density at radius 1 is 0.956 bits per heavy atom. The molecule has 0 amide bonds. The number of benzene rings is 3. The van der Waals surface area contributed by atoms with Crippen LogP contribution in [0.2, 0.25) is 0 Å². The third kappa shape index (κ3) is 6.17. The first kappa shape index (κ1) is 30.4. The van der Waals surface area contributed by atoms with E-state index in [2.05, 4.69) is 13.0 Å². The van der Waals surface area contributed by atoms with Crippen molar-refractivity contribution in [1.29, 1.82) is 0 Å². The van der Waals surface area contributed by atoms with Gasteiger partial charge in [-0.15, -0.1) is 0 Å². The summed E-state index contributed by atoms with van der Waals surface area (Å²) in [5.74, 6) is 1.01. The van der Waals surface area contributed by atoms with Crippen LogP contribution in [0.3, 0.4) is 0 Å². The number of ether oxygens (including phenoxy) is 4. The quantitative estimate of drug-likeness (QED) is 0.139. The first-order valence-corrected chi connectivity index (χ1v) is 15.7. The second-order valence-electron chi connectivity index (χ2n) is 11.9. The molecule has 0 saturated carbocycles. The Bertz CT molecular complexity index is 1680. The maximum absolute atomic E-state index is 14.2. The van der Waals surface area contributed by atoms with Crippen molar-refractivity contribution >= 4 is 24.1 Å². The van der Waals surface area contributed by atoms with Gasteiger partial charge in [-0.3, -0.25) is 14.4 Å². The third-order valence-electron chi connectivity index (χ3n) is 8.92. The molecule has 0 fully saturated rings. The number of fused-ring (bicyclic) bond motifs is 1. The molecule has 0 aromatic heterocycles. The molecule has 0 spiro atoms. The first-order valence-electron chi connectivity index (χ1n) is 15.7. The van der Waals surface area contributed by atoms with Gasteiger partial charge in [0.2, 0.25) is 0 Å². The van der Waals surface area contributed by atoms with E-state index in [0.717, 1.165) is 51.9 Å². The summed E-state index contributed by atoms with van der Waals surface area (Å²) in [5, 5.41) is 0. The number of Topliss-reactive ketones (excluding diaryl/α,β-unsaturated/α-hetero) is 1. The molecule has 0 N–H and O–H groups in total. The molecule has 2 aliphatic carbocycles. The second kappa shape index (κ2) is 13.1. The highest BCUT2D eigenvalue weighted by Crippen LogP contribution is 2.52. The van der Waals surface area contributed by atoms with E-state index in [4.69, 9.17) is 18.9 Å². The monoisotopic (exact) mass is 606 g/mol. The summed E-state index contributed by atoms with van der Waals surface area (Å²) in [6.45, 7) is 7.54. The lowest BCUT2D eigenvalue weighted by Gasteiger charge is -2.36. The highest BCUT2D eigenvalue weighted by atomic mass is 16.5. The predicted molar refractivity (Wildman–Crippen MR) is 171 cm³/mol. The number of carbonyl (C=O) groups is 3. The fourth-order valence-corrected chi connectivity index (χ4v) is 6.86. The minimum absolute atomic E-state index is 0.00926. The van der Waals surface area contributed by atoms with Crippen molar-refractivity contribution in [2.75, 3.05) is 19.8 Å². The van der Waals surface area contributed by atoms with E-state index in [0.29, 0.717) is 61.9 Å². The third-order valence-corrected chi connectivity index (χ3v) is 8.92. The summed E-state index contributed by atoms with van der Waals surface area (Å²) < 4.78 is 23.3. The van der Waals surface area contributed by atoms with Gasteiger partial charge in [0.05, 0.1) is 25.7 Å². The van der Waals surface area contributed by atoms with Gasteiger partial charge in [-0.25, -0.2) is 0 Å². The van der Waals surface area contributed by atoms with Gasteiger partial charge in [0.25, 0.3) is 0 Å². The number of allylic oxidation sites excluding steroid dienone is 3. The lowest BCUT2D eigenvalue weighted by molar-refractivity contribution is -0.150. The summed E-state index contributed by atoms with van der Waals surface area (Å²) in [6.07, 6.45) is 4.79. The van der Waals surface area contributed by atoms with Crippen LogP contribution in [-0.4, -0.2) is 37.9 Å². The van der Waals surface area contributed by atoms with E-state index in [-0.39, 0.29) is 23.6 Å². The molecular weight excluding hydrogens is 568 g/mol. The molecule has 3 aromatic rings. The molecule has 0 bridgehead atoms. The Kier molecular flexibility index (Phi) is 8.87. The number of rotatable bonds is 10. The van der Waals surface area contributed by atoms with E-state index in [9.17, 15) is 14.4 Å². The molecule has 0 radical (unpaired) electrons. The van der Waals surface area contributed by atoms with E-state index >= 15 is 0 Å². The molecule has 3 aromatic carbocycles. The van der Waals surface area contributed by atoms with Crippen molar-refractivity contribution in [3.63, 3.8) is 0 Å². The Hall–Kier alpha value is -4.65. The predicted octanol–water partition coefficient (Wildman–Crippen LogP) is 7.07. The standard InChI is InChI=1S/C38H38O7/c1-4-42-33-18-26(10-12-32(33)45-22-25-8-6-24(21-39)7-9-25)17-30-20-29-16-23(3)34(38(41)43-5-2)35(36(29)37(30)40)28-11-13-31-27(19-28)14-15-44-31/h6-13,17-19,21,23,34-35H,4-5,14-16,20,22H2,1-3H3. The fourth-order valence-electron chi connectivity index (χ4n) is 6.86. The molecule has 1 aliphatic heterocycles. The van der Waals surface area contributed by atoms with Crippen molar-refractivity contribution < 1.29 is 33.3 Å². The van der Waals surface area contributed by atoms with Crippen LogP contribution in [0.15, 0.2) is 77.4 Å². The first-order chi connectivity index (χ1) is 21.9. The van der Waals surface area contributed by atoms with Crippen LogP contribution in [0.1, 0.15) is 72.1 Å². The Morgan fingerprint density at radius 2 is 1.76 bits per heavy atom. The average Bonchev–Trinajstić information content (AvgIpc) is 3.64. The minimum Gasteiger partial charge on any atom is -0.493 e. The topological polar surface area (TPSA) is 88.1 Å². The zero-order valence-electron chi connectivity index (χ0n) is 26.0. The van der Waals surface area contributed by atoms with Crippen LogP contribution in [-0.2, 0) is 27.4 Å². The maximum Gasteiger partial charge on any atom is 0.310 e. The molecule has 7 nitrogen and oxygen atoms in total. The normalized spacial score (nSPS) is 21.3. The summed E-state index contributed by atoms with van der Waals surface area (Å²) in [5.41, 5.74) is 7.01. The number of aldehydes is 1. The molecule has 7 heteroatoms. The van der Waals surface area contributed by atoms with Crippen LogP contribution < -0.4 is 14.2 Å². The summed E-state index contributed by atoms with van der Waals surface area (Å²) in [4.78, 5) is 38.5. The van der Waals surface area contributed by atoms with Crippen LogP contribution >= 0.6 is 0 Å². The minimum atomic E-state index is -0.442. The summed E-state index contributed by atoms with van der Waals surface area (Å²) >= 11 is 0. The number of hydrogen-bond donors (Lipinski definition) is 0. The van der Waals surface area contributed by atoms with Gasteiger partial charge in [-0.05, 0) is 79.1 Å². The van der Waals surface area contributed by atoms with Crippen molar-refractivity contribution in [2.24, 2.45) is 11.8 Å². The molecular formula is C38H38O7. The van der Waals surface area contributed by atoms with E-state index in [1.807, 2.05) is 62.4 Å². The summed E-state index contributed by atoms with van der Waals surface area (Å²) in [6, 6.07) is 19.0. The molecule has 3 atom stereocenters. The highest BCUT2D eigenvalue weighted by Gasteiger charge is 2.47. The van der Waals surface area contributed by atoms with Crippen LogP contribution in [0, 0.1) is 11.8 Å². The second-order valence-corrected chi connectivity index (χ2v) is 11.9. The van der Waals surface area contributed by atoms with Crippen molar-refractivity contribution in [1.82, 2.24) is 0 Å². The largest absolute Gasteiger partial charge is 0.493 e. The average molecular weight is 607 g/mol. The molecule has 3 aliphatic rings. The van der Waals surface area contributed by atoms with Gasteiger partial charge in [-0.1, -0.05) is 55.0 Å². The van der Waals surface area contributed by atoms with Crippen LogP contribution in [0.4, 0.5) is 0 Å². The van der Waals surface area contributed by atoms with Gasteiger partial charge in [0, 0.05) is 29.0 Å². The number of hydrogen-bond acceptors (Lipinski definition) is 7. The van der Waals surface area contributed by atoms with Gasteiger partial charge >= 0.3 is 5.97 Å². The Morgan fingerprint density at radius 3 is 2.51 bits per heavy atom. The lowest BCUT2D eigenvalue weighted by atomic mass is 9.67. The smallest absolute Gasteiger partial charge is 0.310 e. The number of ketones is 1. The Balaban J connectivity index is 1.29. The van der Waals surface area contributed by atoms with Crippen molar-refractivity contribution in [2.45, 2.75) is 52.6 Å². The van der Waals surface area contributed by atoms with E-state index in [1.165, 1.54) is 0 Å². The van der Waals surface area contributed by atoms with Crippen molar-refractivity contribution in [3.05, 3.63) is 105 Å². The van der Waals surface area contributed by atoms with Crippen LogP contribution in [0.5, 0.6) is 17.2 Å². The number of carbonyl (C=O) groups excluding carboxylic acids is 3. The molecule has 1 heterocycles. The number of esters is 1. The zero-order chi connectivity index (χ0) is 31.5. The molecule has 45 heavy (non-hydrogen) atoms. The SMILES string of the molecule is CCOC(=O)C1C(C)CC2=C(C(=O)C(=Cc3ccc(OCc4ccc(C=O)cc4)c(OCC)c3)C2)C1c1ccc2c(c1)CCO2.